The molecule has 1 unspecified atom stereocenters. The first kappa shape index (κ1) is 19.1. The van der Waals surface area contributed by atoms with Gasteiger partial charge in [0, 0.05) is 0 Å². The van der Waals surface area contributed by atoms with Gasteiger partial charge in [-0.15, -0.1) is 0 Å². The number of aromatic hydroxyl groups is 2. The second-order valence-electron chi connectivity index (χ2n) is 8.61. The summed E-state index contributed by atoms with van der Waals surface area (Å²) in [4.78, 5) is 0. The van der Waals surface area contributed by atoms with Gasteiger partial charge < -0.3 is 10.2 Å². The molecule has 1 saturated carbocycles. The van der Waals surface area contributed by atoms with Crippen molar-refractivity contribution >= 4 is 5.57 Å². The molecule has 1 atom stereocenters. The zero-order chi connectivity index (χ0) is 19.3. The minimum absolute atomic E-state index is 0.335. The van der Waals surface area contributed by atoms with E-state index in [-0.39, 0.29) is 0 Å². The van der Waals surface area contributed by atoms with Crippen molar-refractivity contribution in [1.29, 1.82) is 0 Å². The Kier molecular flexibility index (Phi) is 6.04. The maximum absolute atomic E-state index is 10.5. The molecule has 2 aromatic rings. The van der Waals surface area contributed by atoms with Crippen LogP contribution >= 0.6 is 0 Å². The van der Waals surface area contributed by atoms with Gasteiger partial charge in [-0.2, -0.15) is 0 Å². The third kappa shape index (κ3) is 4.43. The minimum atomic E-state index is 0.335. The molecule has 2 aromatic carbocycles. The molecule has 148 valence electrons. The van der Waals surface area contributed by atoms with E-state index in [4.69, 9.17) is 0 Å². The van der Waals surface area contributed by atoms with Gasteiger partial charge in [0.1, 0.15) is 11.5 Å². The van der Waals surface area contributed by atoms with Crippen molar-refractivity contribution < 1.29 is 10.2 Å². The van der Waals surface area contributed by atoms with Crippen molar-refractivity contribution in [2.24, 2.45) is 0 Å². The van der Waals surface area contributed by atoms with Crippen LogP contribution in [0.5, 0.6) is 11.5 Å². The Hall–Kier alpha value is -2.22. The zero-order valence-corrected chi connectivity index (χ0v) is 16.7. The summed E-state index contributed by atoms with van der Waals surface area (Å²) in [6, 6.07) is 13.9. The fourth-order valence-electron chi connectivity index (χ4n) is 4.99. The Bertz CT molecular complexity index is 811. The summed E-state index contributed by atoms with van der Waals surface area (Å²) in [5.41, 5.74) is 5.19. The average molecular weight is 377 g/mol. The first-order chi connectivity index (χ1) is 13.7. The second kappa shape index (κ2) is 8.86. The SMILES string of the molecule is Oc1ccc(C2CC=C(c3ccc(O)c(C4CCCCCCC4)c3)CC2)cc1. The highest BCUT2D eigenvalue weighted by atomic mass is 16.3. The van der Waals surface area contributed by atoms with Gasteiger partial charge >= 0.3 is 0 Å². The summed E-state index contributed by atoms with van der Waals surface area (Å²) in [7, 11) is 0. The van der Waals surface area contributed by atoms with Crippen LogP contribution in [0, 0.1) is 0 Å². The van der Waals surface area contributed by atoms with Crippen molar-refractivity contribution in [3.8, 4) is 11.5 Å². The fraction of sp³-hybridized carbons (Fsp3) is 0.462. The van der Waals surface area contributed by atoms with Gasteiger partial charge in [-0.3, -0.25) is 0 Å². The second-order valence-corrected chi connectivity index (χ2v) is 8.61. The quantitative estimate of drug-likeness (QED) is 0.591. The summed E-state index contributed by atoms with van der Waals surface area (Å²) in [5, 5.41) is 20.0. The lowest BCUT2D eigenvalue weighted by Gasteiger charge is -2.25. The van der Waals surface area contributed by atoms with Crippen molar-refractivity contribution in [2.45, 2.75) is 76.0 Å². The number of rotatable bonds is 3. The largest absolute Gasteiger partial charge is 0.508 e. The Morgan fingerprint density at radius 3 is 2.11 bits per heavy atom. The van der Waals surface area contributed by atoms with Crippen LogP contribution in [-0.2, 0) is 0 Å². The van der Waals surface area contributed by atoms with Crippen molar-refractivity contribution in [3.63, 3.8) is 0 Å². The lowest BCUT2D eigenvalue weighted by atomic mass is 9.81. The maximum Gasteiger partial charge on any atom is 0.119 e. The molecule has 0 radical (unpaired) electrons. The third-order valence-corrected chi connectivity index (χ3v) is 6.72. The topological polar surface area (TPSA) is 40.5 Å². The number of hydrogen-bond acceptors (Lipinski definition) is 2. The average Bonchev–Trinajstić information content (AvgIpc) is 2.69. The Labute approximate surface area is 168 Å². The van der Waals surface area contributed by atoms with E-state index in [2.05, 4.69) is 18.2 Å². The number of phenols is 2. The summed E-state index contributed by atoms with van der Waals surface area (Å²) in [5.74, 6) is 1.86. The smallest absolute Gasteiger partial charge is 0.119 e. The lowest BCUT2D eigenvalue weighted by molar-refractivity contribution is 0.424. The molecule has 2 nitrogen and oxygen atoms in total. The highest BCUT2D eigenvalue weighted by molar-refractivity contribution is 5.68. The Morgan fingerprint density at radius 1 is 0.714 bits per heavy atom. The summed E-state index contributed by atoms with van der Waals surface area (Å²) in [6.45, 7) is 0. The minimum Gasteiger partial charge on any atom is -0.508 e. The summed E-state index contributed by atoms with van der Waals surface area (Å²) < 4.78 is 0. The predicted octanol–water partition coefficient (Wildman–Crippen LogP) is 7.28. The molecule has 1 fully saturated rings. The van der Waals surface area contributed by atoms with Gasteiger partial charge in [-0.1, -0.05) is 56.4 Å². The van der Waals surface area contributed by atoms with Gasteiger partial charge in [-0.05, 0) is 90.5 Å². The number of phenolic OH excluding ortho intramolecular Hbond substituents is 2. The standard InChI is InChI=1S/C26H32O2/c27-24-15-12-20(13-16-24)19-8-10-21(11-9-19)23-14-17-26(28)25(18-23)22-6-4-2-1-3-5-7-22/h10,12-19,22,27-28H,1-9,11H2. The number of benzene rings is 2. The molecular weight excluding hydrogens is 344 g/mol. The molecule has 2 aliphatic carbocycles. The van der Waals surface area contributed by atoms with Gasteiger partial charge in [0.05, 0.1) is 0 Å². The molecule has 0 aromatic heterocycles. The molecular formula is C26H32O2. The van der Waals surface area contributed by atoms with E-state index in [0.717, 1.165) is 19.3 Å². The molecule has 0 spiro atoms. The molecule has 0 aliphatic heterocycles. The van der Waals surface area contributed by atoms with Crippen LogP contribution in [-0.4, -0.2) is 10.2 Å². The van der Waals surface area contributed by atoms with E-state index in [9.17, 15) is 10.2 Å². The molecule has 0 heterocycles. The zero-order valence-electron chi connectivity index (χ0n) is 16.7. The van der Waals surface area contributed by atoms with E-state index < -0.39 is 0 Å². The van der Waals surface area contributed by atoms with Crippen LogP contribution in [0.25, 0.3) is 5.57 Å². The van der Waals surface area contributed by atoms with Crippen LogP contribution in [0.15, 0.2) is 48.5 Å². The lowest BCUT2D eigenvalue weighted by Crippen LogP contribution is -2.06. The highest BCUT2D eigenvalue weighted by Gasteiger charge is 2.20. The predicted molar refractivity (Wildman–Crippen MR) is 116 cm³/mol. The van der Waals surface area contributed by atoms with Crippen molar-refractivity contribution in [2.75, 3.05) is 0 Å². The van der Waals surface area contributed by atoms with E-state index >= 15 is 0 Å². The van der Waals surface area contributed by atoms with E-state index in [1.807, 2.05) is 18.2 Å². The van der Waals surface area contributed by atoms with Crippen LogP contribution < -0.4 is 0 Å². The molecule has 0 saturated heterocycles. The first-order valence-corrected chi connectivity index (χ1v) is 11.0. The summed E-state index contributed by atoms with van der Waals surface area (Å²) >= 11 is 0. The number of allylic oxidation sites excluding steroid dienone is 2. The van der Waals surface area contributed by atoms with Crippen LogP contribution in [0.1, 0.15) is 92.7 Å². The molecule has 2 aliphatic rings. The fourth-order valence-corrected chi connectivity index (χ4v) is 4.99. The van der Waals surface area contributed by atoms with Gasteiger partial charge in [0.2, 0.25) is 0 Å². The molecule has 28 heavy (non-hydrogen) atoms. The molecule has 0 amide bonds. The van der Waals surface area contributed by atoms with E-state index in [0.29, 0.717) is 23.3 Å². The molecule has 4 rings (SSSR count). The van der Waals surface area contributed by atoms with Gasteiger partial charge in [0.15, 0.2) is 0 Å². The third-order valence-electron chi connectivity index (χ3n) is 6.72. The van der Waals surface area contributed by atoms with Crippen LogP contribution in [0.2, 0.25) is 0 Å². The molecule has 2 N–H and O–H groups in total. The van der Waals surface area contributed by atoms with Crippen molar-refractivity contribution in [3.05, 3.63) is 65.2 Å². The van der Waals surface area contributed by atoms with Crippen LogP contribution in [0.3, 0.4) is 0 Å². The van der Waals surface area contributed by atoms with Gasteiger partial charge in [-0.25, -0.2) is 0 Å². The summed E-state index contributed by atoms with van der Waals surface area (Å²) in [6.07, 6.45) is 14.6. The van der Waals surface area contributed by atoms with Crippen molar-refractivity contribution in [1.82, 2.24) is 0 Å². The molecule has 0 bridgehead atoms. The first-order valence-electron chi connectivity index (χ1n) is 11.0. The van der Waals surface area contributed by atoms with Gasteiger partial charge in [0.25, 0.3) is 0 Å². The monoisotopic (exact) mass is 376 g/mol. The Balaban J connectivity index is 1.50. The highest BCUT2D eigenvalue weighted by Crippen LogP contribution is 2.40. The number of hydrogen-bond donors (Lipinski definition) is 2. The maximum atomic E-state index is 10.5. The Morgan fingerprint density at radius 2 is 1.43 bits per heavy atom. The van der Waals surface area contributed by atoms with Crippen LogP contribution in [0.4, 0.5) is 0 Å². The van der Waals surface area contributed by atoms with E-state index in [1.165, 1.54) is 67.2 Å². The normalized spacial score (nSPS) is 21.6. The molecule has 2 heteroatoms. The van der Waals surface area contributed by atoms with E-state index in [1.54, 1.807) is 12.1 Å².